The fraction of sp³-hybridized carbons (Fsp3) is 0.154. The summed E-state index contributed by atoms with van der Waals surface area (Å²) in [4.78, 5) is 34.5. The Morgan fingerprint density at radius 3 is 1.85 bits per heavy atom. The average molecular weight is 278 g/mol. The Morgan fingerprint density at radius 1 is 1.00 bits per heavy atom. The van der Waals surface area contributed by atoms with Gasteiger partial charge in [0.05, 0.1) is 18.2 Å². The minimum atomic E-state index is -0.789. The zero-order valence-electron chi connectivity index (χ0n) is 10.6. The van der Waals surface area contributed by atoms with E-state index >= 15 is 0 Å². The molecule has 2 rings (SSSR count). The summed E-state index contributed by atoms with van der Waals surface area (Å²) in [5.41, 5.74) is -0.810. The molecule has 7 heteroatoms. The lowest BCUT2D eigenvalue weighted by Gasteiger charge is -2.18. The second-order valence-corrected chi connectivity index (χ2v) is 3.97. The highest BCUT2D eigenvalue weighted by Crippen LogP contribution is 2.49. The lowest BCUT2D eigenvalue weighted by molar-refractivity contribution is -0.132. The van der Waals surface area contributed by atoms with Crippen LogP contribution in [0.5, 0.6) is 23.0 Å². The molecule has 0 radical (unpaired) electrons. The van der Waals surface area contributed by atoms with Gasteiger partial charge in [-0.15, -0.1) is 0 Å². The van der Waals surface area contributed by atoms with Crippen LogP contribution in [0.25, 0.3) is 0 Å². The van der Waals surface area contributed by atoms with Gasteiger partial charge in [-0.05, 0) is 12.2 Å². The van der Waals surface area contributed by atoms with Crippen molar-refractivity contribution in [1.29, 1.82) is 0 Å². The lowest BCUT2D eigenvalue weighted by atomic mass is 9.92. The molecule has 7 nitrogen and oxygen atoms in total. The Labute approximate surface area is 113 Å². The summed E-state index contributed by atoms with van der Waals surface area (Å²) in [6, 6.07) is 0. The predicted molar refractivity (Wildman–Crippen MR) is 65.4 cm³/mol. The third kappa shape index (κ3) is 1.89. The van der Waals surface area contributed by atoms with E-state index in [0.29, 0.717) is 0 Å². The van der Waals surface area contributed by atoms with Crippen LogP contribution in [0.1, 0.15) is 27.6 Å². The summed E-state index contributed by atoms with van der Waals surface area (Å²) >= 11 is 0. The van der Waals surface area contributed by atoms with E-state index in [2.05, 4.69) is 0 Å². The summed E-state index contributed by atoms with van der Waals surface area (Å²) in [7, 11) is 1.15. The van der Waals surface area contributed by atoms with Crippen molar-refractivity contribution < 1.29 is 34.1 Å². The Bertz CT molecular complexity index is 670. The molecule has 0 fully saturated rings. The smallest absolute Gasteiger partial charge is 0.308 e. The molecule has 0 unspecified atom stereocenters. The molecule has 20 heavy (non-hydrogen) atoms. The number of methoxy groups -OCH3 is 1. The number of esters is 1. The zero-order chi connectivity index (χ0) is 15.0. The normalized spacial score (nSPS) is 13.1. The first kappa shape index (κ1) is 13.6. The Kier molecular flexibility index (Phi) is 3.19. The topological polar surface area (TPSA) is 110 Å². The van der Waals surface area contributed by atoms with Crippen LogP contribution in [-0.4, -0.2) is 34.9 Å². The largest absolute Gasteiger partial charge is 0.504 e. The van der Waals surface area contributed by atoms with Gasteiger partial charge in [0.1, 0.15) is 0 Å². The number of benzene rings is 1. The molecule has 0 amide bonds. The molecule has 1 aromatic rings. The molecule has 1 aliphatic carbocycles. The van der Waals surface area contributed by atoms with E-state index in [1.54, 1.807) is 0 Å². The van der Waals surface area contributed by atoms with Crippen LogP contribution < -0.4 is 9.47 Å². The first-order valence-electron chi connectivity index (χ1n) is 5.49. The number of hydrogen-bond acceptors (Lipinski definition) is 7. The van der Waals surface area contributed by atoms with Crippen LogP contribution >= 0.6 is 0 Å². The maximum Gasteiger partial charge on any atom is 0.308 e. The number of carbonyl (C=O) groups is 3. The van der Waals surface area contributed by atoms with Crippen molar-refractivity contribution >= 4 is 17.5 Å². The fourth-order valence-corrected chi connectivity index (χ4v) is 1.90. The van der Waals surface area contributed by atoms with Crippen LogP contribution in [0.4, 0.5) is 0 Å². The van der Waals surface area contributed by atoms with Gasteiger partial charge in [-0.2, -0.15) is 0 Å². The number of phenols is 2. The molecule has 0 aromatic heterocycles. The van der Waals surface area contributed by atoms with E-state index in [4.69, 9.17) is 9.47 Å². The van der Waals surface area contributed by atoms with Crippen LogP contribution in [0.2, 0.25) is 0 Å². The van der Waals surface area contributed by atoms with E-state index in [1.165, 1.54) is 0 Å². The van der Waals surface area contributed by atoms with Crippen molar-refractivity contribution in [2.45, 2.75) is 6.92 Å². The van der Waals surface area contributed by atoms with Gasteiger partial charge >= 0.3 is 5.97 Å². The number of aromatic hydroxyl groups is 2. The number of ketones is 2. The summed E-state index contributed by atoms with van der Waals surface area (Å²) in [5.74, 6) is -4.45. The highest BCUT2D eigenvalue weighted by molar-refractivity contribution is 6.25. The molecule has 104 valence electrons. The second kappa shape index (κ2) is 4.69. The van der Waals surface area contributed by atoms with Crippen molar-refractivity contribution in [1.82, 2.24) is 0 Å². The monoisotopic (exact) mass is 278 g/mol. The van der Waals surface area contributed by atoms with Gasteiger partial charge in [0.15, 0.2) is 23.1 Å². The standard InChI is InChI=1S/C13H10O7/c1-5(14)20-13-11(18)9-7(16)4-3-6(15)8(9)10(17)12(13)19-2/h3-4,17-18H,1-2H3. The molecule has 0 spiro atoms. The van der Waals surface area contributed by atoms with Gasteiger partial charge in [-0.1, -0.05) is 0 Å². The minimum absolute atomic E-state index is 0.386. The maximum absolute atomic E-state index is 11.8. The zero-order valence-corrected chi connectivity index (χ0v) is 10.6. The van der Waals surface area contributed by atoms with Crippen molar-refractivity contribution in [3.05, 3.63) is 23.3 Å². The highest BCUT2D eigenvalue weighted by Gasteiger charge is 2.33. The SMILES string of the molecule is COc1c(O)c2c(c(O)c1OC(C)=O)C(=O)C=CC2=O. The van der Waals surface area contributed by atoms with Crippen LogP contribution in [0.15, 0.2) is 12.2 Å². The number of phenolic OH excluding ortho intramolecular Hbond substituents is 2. The lowest BCUT2D eigenvalue weighted by Crippen LogP contribution is -2.14. The van der Waals surface area contributed by atoms with Crippen molar-refractivity contribution in [2.24, 2.45) is 0 Å². The Hall–Kier alpha value is -2.83. The number of carbonyl (C=O) groups excluding carboxylic acids is 3. The second-order valence-electron chi connectivity index (χ2n) is 3.97. The molecule has 0 saturated carbocycles. The van der Waals surface area contributed by atoms with Gasteiger partial charge in [0, 0.05) is 6.92 Å². The predicted octanol–water partition coefficient (Wildman–Crippen LogP) is 0.967. The van der Waals surface area contributed by atoms with Gasteiger partial charge in [-0.25, -0.2) is 0 Å². The van der Waals surface area contributed by atoms with Crippen molar-refractivity contribution in [2.75, 3.05) is 7.11 Å². The molecular weight excluding hydrogens is 268 g/mol. The van der Waals surface area contributed by atoms with E-state index in [1.807, 2.05) is 0 Å². The maximum atomic E-state index is 11.8. The van der Waals surface area contributed by atoms with Gasteiger partial charge < -0.3 is 19.7 Å². The van der Waals surface area contributed by atoms with E-state index < -0.39 is 46.1 Å². The Morgan fingerprint density at radius 2 is 1.45 bits per heavy atom. The van der Waals surface area contributed by atoms with Crippen LogP contribution in [0.3, 0.4) is 0 Å². The number of ether oxygens (including phenoxy) is 2. The Balaban J connectivity index is 2.84. The van der Waals surface area contributed by atoms with Crippen LogP contribution in [-0.2, 0) is 4.79 Å². The fourth-order valence-electron chi connectivity index (χ4n) is 1.90. The minimum Gasteiger partial charge on any atom is -0.504 e. The van der Waals surface area contributed by atoms with Gasteiger partial charge in [-0.3, -0.25) is 14.4 Å². The highest BCUT2D eigenvalue weighted by atomic mass is 16.6. The summed E-state index contributed by atoms with van der Waals surface area (Å²) in [6.07, 6.45) is 1.92. The molecule has 0 aliphatic heterocycles. The van der Waals surface area contributed by atoms with Crippen molar-refractivity contribution in [3.8, 4) is 23.0 Å². The number of fused-ring (bicyclic) bond motifs is 1. The third-order valence-electron chi connectivity index (χ3n) is 2.69. The summed E-state index contributed by atoms with van der Waals surface area (Å²) in [5, 5.41) is 20.0. The molecule has 0 heterocycles. The molecule has 1 aromatic carbocycles. The summed E-state index contributed by atoms with van der Waals surface area (Å²) in [6.45, 7) is 1.07. The summed E-state index contributed by atoms with van der Waals surface area (Å²) < 4.78 is 9.57. The average Bonchev–Trinajstić information content (AvgIpc) is 2.38. The quantitative estimate of drug-likeness (QED) is 0.471. The van der Waals surface area contributed by atoms with Gasteiger partial charge in [0.25, 0.3) is 0 Å². The third-order valence-corrected chi connectivity index (χ3v) is 2.69. The molecule has 0 bridgehead atoms. The van der Waals surface area contributed by atoms with E-state index in [9.17, 15) is 24.6 Å². The molecule has 0 saturated heterocycles. The van der Waals surface area contributed by atoms with Crippen LogP contribution in [0, 0.1) is 0 Å². The molecule has 0 atom stereocenters. The number of rotatable bonds is 2. The molecule has 2 N–H and O–H groups in total. The first-order chi connectivity index (χ1) is 9.38. The van der Waals surface area contributed by atoms with E-state index in [0.717, 1.165) is 26.2 Å². The molecular formula is C13H10O7. The molecule has 1 aliphatic rings. The van der Waals surface area contributed by atoms with Crippen molar-refractivity contribution in [3.63, 3.8) is 0 Å². The number of allylic oxidation sites excluding steroid dienone is 2. The first-order valence-corrected chi connectivity index (χ1v) is 5.49. The number of hydrogen-bond donors (Lipinski definition) is 2. The van der Waals surface area contributed by atoms with E-state index in [-0.39, 0.29) is 5.56 Å². The van der Waals surface area contributed by atoms with Gasteiger partial charge in [0.2, 0.25) is 11.5 Å².